The van der Waals surface area contributed by atoms with E-state index in [1.165, 1.54) is 25.1 Å². The Hall–Kier alpha value is -4.05. The van der Waals surface area contributed by atoms with E-state index in [0.29, 0.717) is 16.8 Å². The molecule has 0 bridgehead atoms. The van der Waals surface area contributed by atoms with Crippen LogP contribution in [0, 0.1) is 0 Å². The van der Waals surface area contributed by atoms with E-state index >= 15 is 0 Å². The fourth-order valence-electron chi connectivity index (χ4n) is 4.97. The zero-order chi connectivity index (χ0) is 26.4. The number of rotatable bonds is 7. The molecule has 0 spiro atoms. The van der Waals surface area contributed by atoms with Crippen molar-refractivity contribution in [2.75, 3.05) is 11.9 Å². The van der Waals surface area contributed by atoms with Gasteiger partial charge in [0, 0.05) is 18.3 Å². The summed E-state index contributed by atoms with van der Waals surface area (Å²) in [5, 5.41) is 21.2. The number of sulfone groups is 1. The van der Waals surface area contributed by atoms with Gasteiger partial charge in [0.25, 0.3) is 0 Å². The van der Waals surface area contributed by atoms with Gasteiger partial charge in [-0.05, 0) is 30.2 Å². The zero-order valence-electron chi connectivity index (χ0n) is 19.9. The van der Waals surface area contributed by atoms with Crippen LogP contribution >= 0.6 is 0 Å². The third kappa shape index (κ3) is 4.07. The van der Waals surface area contributed by atoms with E-state index in [4.69, 9.17) is 4.74 Å². The zero-order valence-corrected chi connectivity index (χ0v) is 20.8. The molecule has 2 heterocycles. The summed E-state index contributed by atoms with van der Waals surface area (Å²) >= 11 is 0. The molecule has 0 saturated carbocycles. The number of β-lactam (4-membered cyclic amide) rings is 1. The van der Waals surface area contributed by atoms with Crippen molar-refractivity contribution < 1.29 is 33.0 Å². The third-order valence-electron chi connectivity index (χ3n) is 7.09. The summed E-state index contributed by atoms with van der Waals surface area (Å²) in [5.74, 6) is -1.96. The van der Waals surface area contributed by atoms with E-state index in [9.17, 15) is 28.2 Å². The monoisotopic (exact) mass is 522 g/mol. The van der Waals surface area contributed by atoms with Crippen LogP contribution in [0.1, 0.15) is 30.6 Å². The molecule has 3 aromatic carbocycles. The lowest BCUT2D eigenvalue weighted by Gasteiger charge is -2.37. The highest BCUT2D eigenvalue weighted by molar-refractivity contribution is 7.94. The van der Waals surface area contributed by atoms with Gasteiger partial charge in [0.2, 0.25) is 5.91 Å². The van der Waals surface area contributed by atoms with Crippen LogP contribution < -0.4 is 5.32 Å². The highest BCUT2D eigenvalue weighted by atomic mass is 32.2. The first-order chi connectivity index (χ1) is 17.6. The first-order valence-electron chi connectivity index (χ1n) is 11.7. The minimum Gasteiger partial charge on any atom is -0.504 e. The Kier molecular flexibility index (Phi) is 6.07. The van der Waals surface area contributed by atoms with Gasteiger partial charge in [-0.25, -0.2) is 13.2 Å². The standard InChI is InChI=1S/C27H26N2O7S/c1-27(16-28-19-12-13-20(30)21(31)14-19)25(29-22(32)15-23(29)37(27,34)35)26(33)36-24(17-8-4-2-5-9-17)18-10-6-3-7-11-18/h2-14,23-25,28,30-31H,15-16H2,1H3/t23-,25+,27+/m1/s1. The number of fused-ring (bicyclic) bond motifs is 1. The number of hydrogen-bond acceptors (Lipinski definition) is 8. The first kappa shape index (κ1) is 24.6. The van der Waals surface area contributed by atoms with Crippen molar-refractivity contribution in [3.63, 3.8) is 0 Å². The molecule has 0 aromatic heterocycles. The van der Waals surface area contributed by atoms with E-state index < -0.39 is 44.0 Å². The van der Waals surface area contributed by atoms with Crippen LogP contribution in [0.5, 0.6) is 11.5 Å². The van der Waals surface area contributed by atoms with Crippen LogP contribution in [0.25, 0.3) is 0 Å². The summed E-state index contributed by atoms with van der Waals surface area (Å²) in [6.07, 6.45) is -0.998. The van der Waals surface area contributed by atoms with Crippen molar-refractivity contribution in [2.45, 2.75) is 35.6 Å². The molecule has 5 rings (SSSR count). The van der Waals surface area contributed by atoms with E-state index in [2.05, 4.69) is 5.32 Å². The normalized spacial score (nSPS) is 23.8. The summed E-state index contributed by atoms with van der Waals surface area (Å²) in [6, 6.07) is 20.8. The predicted octanol–water partition coefficient (Wildman–Crippen LogP) is 2.96. The molecular formula is C27H26N2O7S. The summed E-state index contributed by atoms with van der Waals surface area (Å²) in [4.78, 5) is 27.4. The molecule has 192 valence electrons. The van der Waals surface area contributed by atoms with Crippen molar-refractivity contribution in [3.8, 4) is 11.5 Å². The molecule has 10 heteroatoms. The number of aromatic hydroxyl groups is 2. The highest BCUT2D eigenvalue weighted by Crippen LogP contribution is 2.47. The second-order valence-corrected chi connectivity index (χ2v) is 12.0. The number of benzene rings is 3. The molecule has 2 saturated heterocycles. The van der Waals surface area contributed by atoms with Gasteiger partial charge in [-0.15, -0.1) is 0 Å². The second kappa shape index (κ2) is 9.11. The van der Waals surface area contributed by atoms with Crippen molar-refractivity contribution in [3.05, 3.63) is 90.0 Å². The lowest BCUT2D eigenvalue weighted by Crippen LogP contribution is -2.59. The van der Waals surface area contributed by atoms with Crippen molar-refractivity contribution >= 4 is 27.4 Å². The van der Waals surface area contributed by atoms with Crippen LogP contribution in [0.3, 0.4) is 0 Å². The Labute approximate surface area is 214 Å². The van der Waals surface area contributed by atoms with Crippen LogP contribution in [0.2, 0.25) is 0 Å². The molecule has 0 radical (unpaired) electrons. The number of carbonyl (C=O) groups is 2. The molecule has 3 N–H and O–H groups in total. The summed E-state index contributed by atoms with van der Waals surface area (Å²) in [7, 11) is -3.98. The number of nitrogens with zero attached hydrogens (tertiary/aromatic N) is 1. The lowest BCUT2D eigenvalue weighted by molar-refractivity contribution is -0.164. The number of hydrogen-bond donors (Lipinski definition) is 3. The average Bonchev–Trinajstić information content (AvgIpc) is 3.03. The van der Waals surface area contributed by atoms with E-state index in [0.717, 1.165) is 4.90 Å². The van der Waals surface area contributed by atoms with Gasteiger partial charge >= 0.3 is 5.97 Å². The topological polar surface area (TPSA) is 133 Å². The Morgan fingerprint density at radius 1 is 1.03 bits per heavy atom. The van der Waals surface area contributed by atoms with Crippen molar-refractivity contribution in [2.24, 2.45) is 0 Å². The maximum Gasteiger partial charge on any atom is 0.331 e. The third-order valence-corrected chi connectivity index (χ3v) is 9.87. The SMILES string of the molecule is C[C@]1(CNc2ccc(O)c(O)c2)[C@H](C(=O)OC(c2ccccc2)c2ccccc2)N2C(=O)C[C@H]2S1(=O)=O. The number of carbonyl (C=O) groups excluding carboxylic acids is 2. The molecule has 3 atom stereocenters. The van der Waals surface area contributed by atoms with E-state index in [1.54, 1.807) is 0 Å². The van der Waals surface area contributed by atoms with Gasteiger partial charge < -0.3 is 25.2 Å². The van der Waals surface area contributed by atoms with Gasteiger partial charge in [-0.2, -0.15) is 0 Å². The fraction of sp³-hybridized carbons (Fsp3) is 0.259. The van der Waals surface area contributed by atoms with Gasteiger partial charge in [0.05, 0.1) is 6.42 Å². The highest BCUT2D eigenvalue weighted by Gasteiger charge is 2.70. The maximum absolute atomic E-state index is 13.8. The predicted molar refractivity (Wildman–Crippen MR) is 135 cm³/mol. The maximum atomic E-state index is 13.8. The minimum atomic E-state index is -3.98. The molecule has 3 aromatic rings. The Bertz CT molecular complexity index is 1410. The van der Waals surface area contributed by atoms with E-state index in [-0.39, 0.29) is 24.5 Å². The average molecular weight is 523 g/mol. The van der Waals surface area contributed by atoms with E-state index in [1.807, 2.05) is 60.7 Å². The molecule has 2 fully saturated rings. The van der Waals surface area contributed by atoms with Gasteiger partial charge in [0.15, 0.2) is 33.5 Å². The minimum absolute atomic E-state index is 0.192. The Balaban J connectivity index is 1.49. The number of nitrogens with one attached hydrogen (secondary N) is 1. The second-order valence-electron chi connectivity index (χ2n) is 9.42. The van der Waals surface area contributed by atoms with Gasteiger partial charge in [0.1, 0.15) is 10.1 Å². The van der Waals surface area contributed by atoms with Gasteiger partial charge in [-0.3, -0.25) is 4.79 Å². The number of amides is 1. The molecular weight excluding hydrogens is 496 g/mol. The van der Waals surface area contributed by atoms with Gasteiger partial charge in [-0.1, -0.05) is 60.7 Å². The first-order valence-corrected chi connectivity index (χ1v) is 13.3. The summed E-state index contributed by atoms with van der Waals surface area (Å²) in [5.41, 5.74) is 1.74. The van der Waals surface area contributed by atoms with Crippen LogP contribution in [0.15, 0.2) is 78.9 Å². The molecule has 37 heavy (non-hydrogen) atoms. The molecule has 2 aliphatic rings. The van der Waals surface area contributed by atoms with Crippen LogP contribution in [0.4, 0.5) is 5.69 Å². The Morgan fingerprint density at radius 2 is 1.62 bits per heavy atom. The largest absolute Gasteiger partial charge is 0.504 e. The molecule has 0 aliphatic carbocycles. The lowest BCUT2D eigenvalue weighted by atomic mass is 9.95. The Morgan fingerprint density at radius 3 is 2.16 bits per heavy atom. The number of phenolic OH excluding ortho intramolecular Hbond substituents is 2. The summed E-state index contributed by atoms with van der Waals surface area (Å²) < 4.78 is 31.4. The van der Waals surface area contributed by atoms with Crippen molar-refractivity contribution in [1.29, 1.82) is 0 Å². The number of esters is 1. The summed E-state index contributed by atoms with van der Waals surface area (Å²) in [6.45, 7) is 1.19. The van der Waals surface area contributed by atoms with Crippen molar-refractivity contribution in [1.82, 2.24) is 4.90 Å². The fourth-order valence-corrected chi connectivity index (χ4v) is 7.28. The number of phenols is 2. The number of anilines is 1. The van der Waals surface area contributed by atoms with Crippen LogP contribution in [-0.4, -0.2) is 58.1 Å². The molecule has 1 amide bonds. The quantitative estimate of drug-likeness (QED) is 0.187. The molecule has 0 unspecified atom stereocenters. The van der Waals surface area contributed by atoms with Crippen LogP contribution in [-0.2, 0) is 24.2 Å². The molecule has 2 aliphatic heterocycles. The smallest absolute Gasteiger partial charge is 0.331 e. The molecule has 9 nitrogen and oxygen atoms in total. The number of ether oxygens (including phenoxy) is 1.